The zero-order valence-electron chi connectivity index (χ0n) is 9.66. The minimum Gasteiger partial charge on any atom is -0.356 e. The van der Waals surface area contributed by atoms with Crippen molar-refractivity contribution in [1.29, 1.82) is 0 Å². The molecule has 0 aliphatic heterocycles. The molecule has 0 atom stereocenters. The fraction of sp³-hybridized carbons (Fsp3) is 0.889. The number of rotatable bonds is 9. The smallest absolute Gasteiger partial charge is 0.221 e. The van der Waals surface area contributed by atoms with Crippen LogP contribution in [0.3, 0.4) is 0 Å². The standard InChI is InChI=1S/C9H21N3O3S/c1-2-11-9(13)5-7-12-16(14,15)8-4-3-6-10/h12H,2-8,10H2,1H3,(H,11,13). The van der Waals surface area contributed by atoms with Crippen LogP contribution in [0.5, 0.6) is 0 Å². The third-order valence-electron chi connectivity index (χ3n) is 1.92. The van der Waals surface area contributed by atoms with E-state index in [4.69, 9.17) is 5.73 Å². The average Bonchev–Trinajstić information content (AvgIpc) is 2.18. The fourth-order valence-electron chi connectivity index (χ4n) is 1.11. The van der Waals surface area contributed by atoms with Crippen LogP contribution in [-0.4, -0.2) is 39.7 Å². The van der Waals surface area contributed by atoms with Crippen molar-refractivity contribution in [1.82, 2.24) is 10.0 Å². The Kier molecular flexibility index (Phi) is 8.14. The molecule has 0 saturated heterocycles. The minimum atomic E-state index is -3.25. The highest BCUT2D eigenvalue weighted by Gasteiger charge is 2.09. The molecule has 0 rings (SSSR count). The molecule has 1 amide bonds. The van der Waals surface area contributed by atoms with E-state index in [1.165, 1.54) is 0 Å². The number of nitrogens with one attached hydrogen (secondary N) is 2. The van der Waals surface area contributed by atoms with Crippen LogP contribution in [0.1, 0.15) is 26.2 Å². The van der Waals surface area contributed by atoms with E-state index >= 15 is 0 Å². The van der Waals surface area contributed by atoms with Gasteiger partial charge in [-0.15, -0.1) is 0 Å². The van der Waals surface area contributed by atoms with E-state index in [0.717, 1.165) is 0 Å². The van der Waals surface area contributed by atoms with Crippen molar-refractivity contribution < 1.29 is 13.2 Å². The van der Waals surface area contributed by atoms with Crippen molar-refractivity contribution >= 4 is 15.9 Å². The van der Waals surface area contributed by atoms with Crippen LogP contribution in [0.2, 0.25) is 0 Å². The maximum atomic E-state index is 11.4. The molecule has 0 aromatic carbocycles. The summed E-state index contributed by atoms with van der Waals surface area (Å²) in [6.07, 6.45) is 1.41. The molecule has 16 heavy (non-hydrogen) atoms. The molecule has 0 saturated carbocycles. The number of unbranched alkanes of at least 4 members (excludes halogenated alkanes) is 1. The van der Waals surface area contributed by atoms with E-state index in [0.29, 0.717) is 25.9 Å². The quantitative estimate of drug-likeness (QED) is 0.466. The number of sulfonamides is 1. The van der Waals surface area contributed by atoms with Crippen molar-refractivity contribution in [2.24, 2.45) is 5.73 Å². The van der Waals surface area contributed by atoms with Crippen molar-refractivity contribution in [3.05, 3.63) is 0 Å². The maximum Gasteiger partial charge on any atom is 0.221 e. The van der Waals surface area contributed by atoms with Gasteiger partial charge in [-0.25, -0.2) is 13.1 Å². The van der Waals surface area contributed by atoms with Crippen LogP contribution in [0.4, 0.5) is 0 Å². The molecule has 0 bridgehead atoms. The first kappa shape index (κ1) is 15.3. The Morgan fingerprint density at radius 3 is 2.56 bits per heavy atom. The predicted octanol–water partition coefficient (Wildman–Crippen LogP) is -0.829. The zero-order valence-corrected chi connectivity index (χ0v) is 10.5. The number of nitrogens with two attached hydrogens (primary N) is 1. The molecule has 0 aliphatic rings. The van der Waals surface area contributed by atoms with E-state index in [1.54, 1.807) is 0 Å². The summed E-state index contributed by atoms with van der Waals surface area (Å²) in [5, 5.41) is 2.59. The predicted molar refractivity (Wildman–Crippen MR) is 63.4 cm³/mol. The molecule has 0 aliphatic carbocycles. The maximum absolute atomic E-state index is 11.4. The summed E-state index contributed by atoms with van der Waals surface area (Å²) < 4.78 is 25.1. The summed E-state index contributed by atoms with van der Waals surface area (Å²) in [7, 11) is -3.25. The SMILES string of the molecule is CCNC(=O)CCNS(=O)(=O)CCCCN. The molecule has 6 nitrogen and oxygen atoms in total. The zero-order chi connectivity index (χ0) is 12.4. The van der Waals surface area contributed by atoms with Crippen molar-refractivity contribution in [3.63, 3.8) is 0 Å². The molecule has 0 radical (unpaired) electrons. The topological polar surface area (TPSA) is 101 Å². The lowest BCUT2D eigenvalue weighted by molar-refractivity contribution is -0.120. The summed E-state index contributed by atoms with van der Waals surface area (Å²) in [6.45, 7) is 3.02. The molecule has 7 heteroatoms. The highest BCUT2D eigenvalue weighted by Crippen LogP contribution is 1.93. The van der Waals surface area contributed by atoms with E-state index in [9.17, 15) is 13.2 Å². The van der Waals surface area contributed by atoms with Crippen molar-refractivity contribution in [3.8, 4) is 0 Å². The van der Waals surface area contributed by atoms with Crippen LogP contribution in [-0.2, 0) is 14.8 Å². The number of hydrogen-bond acceptors (Lipinski definition) is 4. The number of amides is 1. The number of hydrogen-bond donors (Lipinski definition) is 3. The van der Waals surface area contributed by atoms with Gasteiger partial charge in [-0.2, -0.15) is 0 Å². The minimum absolute atomic E-state index is 0.0690. The van der Waals surface area contributed by atoms with E-state index in [1.807, 2.05) is 6.92 Å². The second-order valence-electron chi connectivity index (χ2n) is 3.41. The summed E-state index contributed by atoms with van der Waals surface area (Å²) in [4.78, 5) is 11.0. The van der Waals surface area contributed by atoms with Gasteiger partial charge < -0.3 is 11.1 Å². The first-order valence-electron chi connectivity index (χ1n) is 5.46. The lowest BCUT2D eigenvalue weighted by Crippen LogP contribution is -2.32. The summed E-state index contributed by atoms with van der Waals surface area (Å²) in [6, 6.07) is 0. The molecule has 0 aromatic heterocycles. The van der Waals surface area contributed by atoms with Gasteiger partial charge in [-0.3, -0.25) is 4.79 Å². The second-order valence-corrected chi connectivity index (χ2v) is 5.34. The number of carbonyl (C=O) groups is 1. The van der Waals surface area contributed by atoms with Crippen LogP contribution < -0.4 is 15.8 Å². The van der Waals surface area contributed by atoms with Crippen LogP contribution >= 0.6 is 0 Å². The van der Waals surface area contributed by atoms with Gasteiger partial charge in [-0.05, 0) is 26.3 Å². The van der Waals surface area contributed by atoms with E-state index in [2.05, 4.69) is 10.0 Å². The lowest BCUT2D eigenvalue weighted by Gasteiger charge is -2.06. The van der Waals surface area contributed by atoms with Gasteiger partial charge in [0.25, 0.3) is 0 Å². The van der Waals surface area contributed by atoms with E-state index < -0.39 is 10.0 Å². The highest BCUT2D eigenvalue weighted by molar-refractivity contribution is 7.89. The average molecular weight is 251 g/mol. The molecule has 0 fully saturated rings. The Labute approximate surface area is 97.0 Å². The Morgan fingerprint density at radius 1 is 1.31 bits per heavy atom. The van der Waals surface area contributed by atoms with Crippen LogP contribution in [0.15, 0.2) is 0 Å². The van der Waals surface area contributed by atoms with Gasteiger partial charge in [0.05, 0.1) is 5.75 Å². The lowest BCUT2D eigenvalue weighted by atomic mass is 10.3. The van der Waals surface area contributed by atoms with Gasteiger partial charge in [0.2, 0.25) is 15.9 Å². The fourth-order valence-corrected chi connectivity index (χ4v) is 2.26. The van der Waals surface area contributed by atoms with Gasteiger partial charge in [0.15, 0.2) is 0 Å². The van der Waals surface area contributed by atoms with Crippen LogP contribution in [0.25, 0.3) is 0 Å². The van der Waals surface area contributed by atoms with E-state index in [-0.39, 0.29) is 24.6 Å². The molecule has 0 spiro atoms. The summed E-state index contributed by atoms with van der Waals surface area (Å²) in [5.74, 6) is -0.0771. The Hall–Kier alpha value is -0.660. The second kappa shape index (κ2) is 8.49. The largest absolute Gasteiger partial charge is 0.356 e. The van der Waals surface area contributed by atoms with Crippen molar-refractivity contribution in [2.75, 3.05) is 25.4 Å². The van der Waals surface area contributed by atoms with Gasteiger partial charge in [0.1, 0.15) is 0 Å². The molecular formula is C9H21N3O3S. The molecule has 0 heterocycles. The first-order valence-corrected chi connectivity index (χ1v) is 7.11. The van der Waals surface area contributed by atoms with Gasteiger partial charge >= 0.3 is 0 Å². The Morgan fingerprint density at radius 2 is 2.00 bits per heavy atom. The number of carbonyl (C=O) groups excluding carboxylic acids is 1. The normalized spacial score (nSPS) is 11.4. The molecular weight excluding hydrogens is 230 g/mol. The Balaban J connectivity index is 3.69. The third-order valence-corrected chi connectivity index (χ3v) is 3.39. The van der Waals surface area contributed by atoms with Gasteiger partial charge in [0, 0.05) is 19.5 Å². The van der Waals surface area contributed by atoms with Gasteiger partial charge in [-0.1, -0.05) is 0 Å². The highest BCUT2D eigenvalue weighted by atomic mass is 32.2. The molecule has 0 aromatic rings. The Bertz CT molecular complexity index is 290. The monoisotopic (exact) mass is 251 g/mol. The molecule has 96 valence electrons. The summed E-state index contributed by atoms with van der Waals surface area (Å²) in [5.41, 5.74) is 5.26. The van der Waals surface area contributed by atoms with Crippen LogP contribution in [0, 0.1) is 0 Å². The first-order chi connectivity index (χ1) is 7.52. The molecule has 0 unspecified atom stereocenters. The third kappa shape index (κ3) is 8.63. The van der Waals surface area contributed by atoms with Crippen molar-refractivity contribution in [2.45, 2.75) is 26.2 Å². The summed E-state index contributed by atoms with van der Waals surface area (Å²) >= 11 is 0. The molecule has 4 N–H and O–H groups in total.